The van der Waals surface area contributed by atoms with Crippen LogP contribution < -0.4 is 5.56 Å². The van der Waals surface area contributed by atoms with E-state index in [0.717, 1.165) is 42.5 Å². The highest BCUT2D eigenvalue weighted by molar-refractivity contribution is 5.93. The van der Waals surface area contributed by atoms with E-state index in [1.807, 2.05) is 45.3 Å². The Morgan fingerprint density at radius 3 is 2.71 bits per heavy atom. The number of carbonyl (C=O) groups excluding carboxylic acids is 1. The van der Waals surface area contributed by atoms with Crippen molar-refractivity contribution >= 4 is 22.5 Å². The van der Waals surface area contributed by atoms with Gasteiger partial charge in [-0.25, -0.2) is 4.52 Å². The fourth-order valence-electron chi connectivity index (χ4n) is 3.59. The zero-order valence-corrected chi connectivity index (χ0v) is 13.7. The van der Waals surface area contributed by atoms with E-state index in [9.17, 15) is 9.59 Å². The van der Waals surface area contributed by atoms with Crippen LogP contribution in [0.15, 0.2) is 35.1 Å². The monoisotopic (exact) mass is 324 g/mol. The summed E-state index contributed by atoms with van der Waals surface area (Å²) in [6, 6.07) is 9.29. The molecule has 2 aromatic heterocycles. The molecule has 1 saturated heterocycles. The summed E-state index contributed by atoms with van der Waals surface area (Å²) in [7, 11) is 0. The molecular weight excluding hydrogens is 304 g/mol. The molecule has 4 rings (SSSR count). The van der Waals surface area contributed by atoms with Crippen molar-refractivity contribution in [2.75, 3.05) is 13.1 Å². The molecule has 0 radical (unpaired) electrons. The fourth-order valence-corrected chi connectivity index (χ4v) is 3.59. The highest BCUT2D eigenvalue weighted by Gasteiger charge is 2.20. The van der Waals surface area contributed by atoms with Crippen molar-refractivity contribution in [3.8, 4) is 0 Å². The van der Waals surface area contributed by atoms with Gasteiger partial charge in [-0.1, -0.05) is 12.1 Å². The number of hydrogen-bond donors (Lipinski definition) is 0. The van der Waals surface area contributed by atoms with Gasteiger partial charge in [0, 0.05) is 30.2 Å². The Morgan fingerprint density at radius 2 is 1.92 bits per heavy atom. The number of piperidine rings is 1. The van der Waals surface area contributed by atoms with Gasteiger partial charge in [0.15, 0.2) is 5.65 Å². The standard InChI is InChI=1S/C18H20N4O2/c1-13-11-16(23)19-18-14-7-3-4-8-15(14)21(22(13)18)12-17(24)20-9-5-2-6-10-20/h3-4,7-8,11H,2,5-6,9-10,12H2,1H3. The second-order valence-corrected chi connectivity index (χ2v) is 6.39. The number of aromatic nitrogens is 3. The van der Waals surface area contributed by atoms with Crippen molar-refractivity contribution in [2.45, 2.75) is 32.7 Å². The van der Waals surface area contributed by atoms with Crippen molar-refractivity contribution in [3.05, 3.63) is 46.4 Å². The van der Waals surface area contributed by atoms with Gasteiger partial charge in [0.25, 0.3) is 5.56 Å². The van der Waals surface area contributed by atoms with Crippen LogP contribution in [0.2, 0.25) is 0 Å². The number of fused-ring (bicyclic) bond motifs is 3. The van der Waals surface area contributed by atoms with Crippen molar-refractivity contribution in [2.24, 2.45) is 0 Å². The Balaban J connectivity index is 1.86. The zero-order valence-electron chi connectivity index (χ0n) is 13.7. The molecule has 3 heterocycles. The molecule has 124 valence electrons. The number of carbonyl (C=O) groups is 1. The van der Waals surface area contributed by atoms with Crippen molar-refractivity contribution < 1.29 is 4.79 Å². The van der Waals surface area contributed by atoms with Gasteiger partial charge >= 0.3 is 0 Å². The SMILES string of the molecule is Cc1cc(=O)nc2c3ccccc3n(CC(=O)N3CCCCC3)n12. The third-order valence-electron chi connectivity index (χ3n) is 4.74. The Hall–Kier alpha value is -2.63. The molecule has 0 atom stereocenters. The van der Waals surface area contributed by atoms with Crippen LogP contribution in [0.1, 0.15) is 25.0 Å². The summed E-state index contributed by atoms with van der Waals surface area (Å²) >= 11 is 0. The minimum atomic E-state index is -0.252. The molecule has 0 aliphatic carbocycles. The molecule has 0 N–H and O–H groups in total. The number of benzene rings is 1. The molecule has 0 unspecified atom stereocenters. The number of likely N-dealkylation sites (tertiary alicyclic amines) is 1. The minimum absolute atomic E-state index is 0.121. The van der Waals surface area contributed by atoms with Crippen LogP contribution in [-0.4, -0.2) is 38.1 Å². The van der Waals surface area contributed by atoms with Crippen molar-refractivity contribution in [1.29, 1.82) is 0 Å². The molecule has 3 aromatic rings. The minimum Gasteiger partial charge on any atom is -0.341 e. The van der Waals surface area contributed by atoms with Gasteiger partial charge in [-0.2, -0.15) is 4.98 Å². The van der Waals surface area contributed by atoms with E-state index in [1.165, 1.54) is 12.5 Å². The van der Waals surface area contributed by atoms with Gasteiger partial charge in [-0.15, -0.1) is 0 Å². The molecule has 1 aliphatic rings. The lowest BCUT2D eigenvalue weighted by molar-refractivity contribution is -0.132. The van der Waals surface area contributed by atoms with Crippen LogP contribution >= 0.6 is 0 Å². The smallest absolute Gasteiger partial charge is 0.273 e. The predicted molar refractivity (Wildman–Crippen MR) is 92.1 cm³/mol. The van der Waals surface area contributed by atoms with E-state index in [2.05, 4.69) is 4.98 Å². The topological polar surface area (TPSA) is 59.6 Å². The van der Waals surface area contributed by atoms with E-state index < -0.39 is 0 Å². The maximum Gasteiger partial charge on any atom is 0.273 e. The molecule has 1 amide bonds. The first-order valence-electron chi connectivity index (χ1n) is 8.41. The second-order valence-electron chi connectivity index (χ2n) is 6.39. The Kier molecular flexibility index (Phi) is 3.59. The molecule has 0 bridgehead atoms. The van der Waals surface area contributed by atoms with Crippen LogP contribution in [0.3, 0.4) is 0 Å². The third kappa shape index (κ3) is 2.38. The largest absolute Gasteiger partial charge is 0.341 e. The van der Waals surface area contributed by atoms with Gasteiger partial charge in [0.05, 0.1) is 5.52 Å². The van der Waals surface area contributed by atoms with Crippen molar-refractivity contribution in [1.82, 2.24) is 19.1 Å². The zero-order chi connectivity index (χ0) is 16.7. The summed E-state index contributed by atoms with van der Waals surface area (Å²) < 4.78 is 3.82. The Labute approximate surface area is 139 Å². The summed E-state index contributed by atoms with van der Waals surface area (Å²) in [4.78, 5) is 30.7. The van der Waals surface area contributed by atoms with Crippen LogP contribution in [0, 0.1) is 6.92 Å². The van der Waals surface area contributed by atoms with E-state index in [0.29, 0.717) is 5.65 Å². The lowest BCUT2D eigenvalue weighted by Gasteiger charge is -2.27. The lowest BCUT2D eigenvalue weighted by atomic mass is 10.1. The molecular formula is C18H20N4O2. The lowest BCUT2D eigenvalue weighted by Crippen LogP contribution is -2.38. The first-order valence-corrected chi connectivity index (χ1v) is 8.41. The maximum atomic E-state index is 12.7. The highest BCUT2D eigenvalue weighted by Crippen LogP contribution is 2.22. The number of nitrogens with zero attached hydrogens (tertiary/aromatic N) is 4. The van der Waals surface area contributed by atoms with Crippen LogP contribution in [-0.2, 0) is 11.3 Å². The normalized spacial score (nSPS) is 15.3. The van der Waals surface area contributed by atoms with Gasteiger partial charge in [0.2, 0.25) is 5.91 Å². The first kappa shape index (κ1) is 14.9. The van der Waals surface area contributed by atoms with Crippen LogP contribution in [0.25, 0.3) is 16.6 Å². The van der Waals surface area contributed by atoms with E-state index >= 15 is 0 Å². The summed E-state index contributed by atoms with van der Waals surface area (Å²) in [5, 5.41) is 0.893. The molecule has 0 saturated carbocycles. The number of hydrogen-bond acceptors (Lipinski definition) is 3. The predicted octanol–water partition coefficient (Wildman–Crippen LogP) is 1.97. The van der Waals surface area contributed by atoms with E-state index in [1.54, 1.807) is 0 Å². The molecule has 1 aliphatic heterocycles. The third-order valence-corrected chi connectivity index (χ3v) is 4.74. The summed E-state index contributed by atoms with van der Waals surface area (Å²) in [6.45, 7) is 3.80. The number of rotatable bonds is 2. The molecule has 0 spiro atoms. The summed E-state index contributed by atoms with van der Waals surface area (Å²) in [5.41, 5.74) is 2.07. The summed E-state index contributed by atoms with van der Waals surface area (Å²) in [5.74, 6) is 0.121. The highest BCUT2D eigenvalue weighted by atomic mass is 16.2. The van der Waals surface area contributed by atoms with Gasteiger partial charge in [-0.3, -0.25) is 14.3 Å². The molecule has 1 aromatic carbocycles. The van der Waals surface area contributed by atoms with Gasteiger partial charge in [0.1, 0.15) is 6.54 Å². The number of aryl methyl sites for hydroxylation is 1. The van der Waals surface area contributed by atoms with Gasteiger partial charge in [-0.05, 0) is 38.3 Å². The Bertz CT molecular complexity index is 980. The quantitative estimate of drug-likeness (QED) is 0.724. The average Bonchev–Trinajstić information content (AvgIpc) is 2.90. The fraction of sp³-hybridized carbons (Fsp3) is 0.389. The van der Waals surface area contributed by atoms with Crippen LogP contribution in [0.5, 0.6) is 0 Å². The number of para-hydroxylation sites is 1. The van der Waals surface area contributed by atoms with E-state index in [-0.39, 0.29) is 18.0 Å². The van der Waals surface area contributed by atoms with Crippen molar-refractivity contribution in [3.63, 3.8) is 0 Å². The molecule has 24 heavy (non-hydrogen) atoms. The van der Waals surface area contributed by atoms with Gasteiger partial charge < -0.3 is 4.90 Å². The molecule has 6 nitrogen and oxygen atoms in total. The maximum absolute atomic E-state index is 12.7. The van der Waals surface area contributed by atoms with Crippen LogP contribution in [0.4, 0.5) is 0 Å². The molecule has 6 heteroatoms. The average molecular weight is 324 g/mol. The summed E-state index contributed by atoms with van der Waals surface area (Å²) in [6.07, 6.45) is 3.35. The van der Waals surface area contributed by atoms with E-state index in [4.69, 9.17) is 0 Å². The number of amides is 1. The molecule has 1 fully saturated rings. The Morgan fingerprint density at radius 1 is 1.17 bits per heavy atom. The second kappa shape index (κ2) is 5.78. The first-order chi connectivity index (χ1) is 11.6.